The van der Waals surface area contributed by atoms with Crippen LogP contribution in [-0.4, -0.2) is 16.2 Å². The lowest BCUT2D eigenvalue weighted by Gasteiger charge is -2.35. The zero-order valence-electron chi connectivity index (χ0n) is 42.9. The number of benzene rings is 6. The van der Waals surface area contributed by atoms with E-state index in [1.165, 1.54) is 61.1 Å². The van der Waals surface area contributed by atoms with Crippen molar-refractivity contribution in [3.8, 4) is 28.4 Å². The molecule has 0 saturated heterocycles. The number of nitrogens with zero attached hydrogens (tertiary/aromatic N) is 4. The second kappa shape index (κ2) is 16.9. The Kier molecular flexibility index (Phi) is 11.5. The summed E-state index contributed by atoms with van der Waals surface area (Å²) in [6.07, 6.45) is 4.33. The SMILES string of the molecule is CC(C)(C)c1cc(-c2ccccc2)cc(N2C=C(C(C)(C)c3ccccc3)N(c3cc(Oc4ccc5c6cc(C(C)(C)C)ccc6n(-c6cc(C(C)(C)C)ccn6)c5c4)cc(C(C)(C)C)c3)C2)c1. The number of hydrogen-bond donors (Lipinski definition) is 0. The van der Waals surface area contributed by atoms with Crippen molar-refractivity contribution < 1.29 is 4.74 Å². The molecule has 68 heavy (non-hydrogen) atoms. The molecule has 1 aliphatic heterocycles. The van der Waals surface area contributed by atoms with Gasteiger partial charge in [-0.3, -0.25) is 4.57 Å². The molecule has 3 heterocycles. The highest BCUT2D eigenvalue weighted by atomic mass is 16.5. The van der Waals surface area contributed by atoms with Gasteiger partial charge in [-0.1, -0.05) is 170 Å². The molecule has 2 aromatic heterocycles. The van der Waals surface area contributed by atoms with Crippen LogP contribution < -0.4 is 14.5 Å². The summed E-state index contributed by atoms with van der Waals surface area (Å²) in [5.41, 5.74) is 13.9. The summed E-state index contributed by atoms with van der Waals surface area (Å²) in [7, 11) is 0. The molecule has 0 saturated carbocycles. The fourth-order valence-corrected chi connectivity index (χ4v) is 9.52. The smallest absolute Gasteiger partial charge is 0.137 e. The Labute approximate surface area is 406 Å². The lowest BCUT2D eigenvalue weighted by molar-refractivity contribution is 0.479. The standard InChI is InChI=1S/C63H70N4O/c1-59(2,3)45-25-28-55-54(36-45)53-27-26-51(39-56(53)67(55)58-37-46(29-30-64-58)60(4,5)6)68-52-35-48(62(10,11)12)34-50(38-52)66-41-65(40-57(66)63(13,14)44-23-19-16-20-24-44)49-32-43(42-21-17-15-18-22-42)31-47(33-49)61(7,8)9/h15-40H,41H2,1-14H3. The third-order valence-electron chi connectivity index (χ3n) is 14.0. The normalized spacial score (nSPS) is 14.0. The quantitative estimate of drug-likeness (QED) is 0.152. The maximum absolute atomic E-state index is 7.11. The van der Waals surface area contributed by atoms with Crippen molar-refractivity contribution in [3.63, 3.8) is 0 Å². The van der Waals surface area contributed by atoms with Gasteiger partial charge in [-0.25, -0.2) is 4.98 Å². The topological polar surface area (TPSA) is 33.5 Å². The van der Waals surface area contributed by atoms with Crippen LogP contribution in [-0.2, 0) is 27.1 Å². The maximum atomic E-state index is 7.11. The molecule has 348 valence electrons. The number of allylic oxidation sites excluding steroid dienone is 1. The fourth-order valence-electron chi connectivity index (χ4n) is 9.52. The molecule has 5 nitrogen and oxygen atoms in total. The second-order valence-electron chi connectivity index (χ2n) is 23.6. The molecule has 6 aromatic carbocycles. The first kappa shape index (κ1) is 46.5. The van der Waals surface area contributed by atoms with E-state index in [1.807, 2.05) is 6.20 Å². The maximum Gasteiger partial charge on any atom is 0.137 e. The van der Waals surface area contributed by atoms with E-state index in [4.69, 9.17) is 9.72 Å². The van der Waals surface area contributed by atoms with E-state index in [9.17, 15) is 0 Å². The molecule has 0 aliphatic carbocycles. The van der Waals surface area contributed by atoms with E-state index in [0.29, 0.717) is 6.67 Å². The number of pyridine rings is 1. The predicted octanol–water partition coefficient (Wildman–Crippen LogP) is 16.9. The zero-order valence-corrected chi connectivity index (χ0v) is 42.9. The molecular weight excluding hydrogens is 829 g/mol. The Morgan fingerprint density at radius 1 is 0.441 bits per heavy atom. The highest BCUT2D eigenvalue weighted by Gasteiger charge is 2.37. The zero-order chi connectivity index (χ0) is 48.6. The molecule has 0 bridgehead atoms. The van der Waals surface area contributed by atoms with Crippen LogP contribution in [0.2, 0.25) is 0 Å². The highest BCUT2D eigenvalue weighted by molar-refractivity contribution is 6.09. The summed E-state index contributed by atoms with van der Waals surface area (Å²) in [5.74, 6) is 2.48. The second-order valence-corrected chi connectivity index (χ2v) is 23.6. The summed E-state index contributed by atoms with van der Waals surface area (Å²) in [6.45, 7) is 32.7. The van der Waals surface area contributed by atoms with Gasteiger partial charge in [-0.2, -0.15) is 0 Å². The molecule has 0 spiro atoms. The average molecular weight is 899 g/mol. The van der Waals surface area contributed by atoms with Gasteiger partial charge in [0.1, 0.15) is 17.3 Å². The fraction of sp³-hybridized carbons (Fsp3) is 0.317. The monoisotopic (exact) mass is 899 g/mol. The first-order valence-corrected chi connectivity index (χ1v) is 24.4. The minimum Gasteiger partial charge on any atom is -0.457 e. The Morgan fingerprint density at radius 2 is 1.06 bits per heavy atom. The number of aromatic nitrogens is 2. The van der Waals surface area contributed by atoms with Crippen LogP contribution in [0.1, 0.15) is 125 Å². The molecule has 0 atom stereocenters. The van der Waals surface area contributed by atoms with Gasteiger partial charge in [-0.15, -0.1) is 0 Å². The van der Waals surface area contributed by atoms with Crippen LogP contribution in [0.15, 0.2) is 164 Å². The van der Waals surface area contributed by atoms with E-state index in [0.717, 1.165) is 34.0 Å². The Hall–Kier alpha value is -6.59. The van der Waals surface area contributed by atoms with Gasteiger partial charge in [-0.05, 0) is 121 Å². The van der Waals surface area contributed by atoms with E-state index in [1.54, 1.807) is 0 Å². The van der Waals surface area contributed by atoms with Crippen LogP contribution in [0.5, 0.6) is 11.5 Å². The molecule has 0 radical (unpaired) electrons. The van der Waals surface area contributed by atoms with Gasteiger partial charge >= 0.3 is 0 Å². The van der Waals surface area contributed by atoms with Crippen molar-refractivity contribution in [1.29, 1.82) is 0 Å². The van der Waals surface area contributed by atoms with Crippen LogP contribution in [0, 0.1) is 0 Å². The summed E-state index contributed by atoms with van der Waals surface area (Å²) in [5, 5.41) is 2.38. The molecule has 0 unspecified atom stereocenters. The van der Waals surface area contributed by atoms with E-state index in [2.05, 4.69) is 263 Å². The van der Waals surface area contributed by atoms with Crippen molar-refractivity contribution in [3.05, 3.63) is 192 Å². The third kappa shape index (κ3) is 9.08. The van der Waals surface area contributed by atoms with Crippen LogP contribution in [0.25, 0.3) is 38.8 Å². The van der Waals surface area contributed by atoms with Gasteiger partial charge in [0.15, 0.2) is 0 Å². The van der Waals surface area contributed by atoms with E-state index in [-0.39, 0.29) is 27.1 Å². The summed E-state index contributed by atoms with van der Waals surface area (Å²) in [6, 6.07) is 53.5. The van der Waals surface area contributed by atoms with Gasteiger partial charge in [0.05, 0.1) is 17.7 Å². The molecule has 9 rings (SSSR count). The largest absolute Gasteiger partial charge is 0.457 e. The average Bonchev–Trinajstić information content (AvgIpc) is 3.89. The number of anilines is 2. The highest BCUT2D eigenvalue weighted by Crippen LogP contribution is 2.45. The van der Waals surface area contributed by atoms with Gasteiger partial charge in [0.25, 0.3) is 0 Å². The van der Waals surface area contributed by atoms with E-state index >= 15 is 0 Å². The van der Waals surface area contributed by atoms with Crippen molar-refractivity contribution in [2.75, 3.05) is 16.5 Å². The van der Waals surface area contributed by atoms with Crippen LogP contribution >= 0.6 is 0 Å². The number of rotatable bonds is 8. The molecule has 0 fully saturated rings. The molecule has 8 aromatic rings. The molecule has 0 N–H and O–H groups in total. The van der Waals surface area contributed by atoms with Crippen molar-refractivity contribution in [1.82, 2.24) is 9.55 Å². The third-order valence-corrected chi connectivity index (χ3v) is 14.0. The Balaban J connectivity index is 1.18. The minimum absolute atomic E-state index is 0.00511. The Bertz CT molecular complexity index is 3180. The Morgan fingerprint density at radius 3 is 1.72 bits per heavy atom. The summed E-state index contributed by atoms with van der Waals surface area (Å²) in [4.78, 5) is 9.94. The lowest BCUT2D eigenvalue weighted by Crippen LogP contribution is -2.34. The summed E-state index contributed by atoms with van der Waals surface area (Å²) < 4.78 is 9.42. The predicted molar refractivity (Wildman–Crippen MR) is 289 cm³/mol. The first-order valence-electron chi connectivity index (χ1n) is 24.4. The van der Waals surface area contributed by atoms with E-state index < -0.39 is 0 Å². The van der Waals surface area contributed by atoms with Gasteiger partial charge < -0.3 is 14.5 Å². The first-order chi connectivity index (χ1) is 31.9. The molecule has 5 heteroatoms. The molecule has 1 aliphatic rings. The molecule has 0 amide bonds. The lowest BCUT2D eigenvalue weighted by atomic mass is 9.81. The van der Waals surface area contributed by atoms with Gasteiger partial charge in [0, 0.05) is 57.8 Å². The minimum atomic E-state index is -0.331. The molecular formula is C63H70N4O. The number of fused-ring (bicyclic) bond motifs is 3. The van der Waals surface area contributed by atoms with Crippen molar-refractivity contribution >= 4 is 33.2 Å². The van der Waals surface area contributed by atoms with Crippen molar-refractivity contribution in [2.24, 2.45) is 0 Å². The van der Waals surface area contributed by atoms with Crippen LogP contribution in [0.3, 0.4) is 0 Å². The number of ether oxygens (including phenoxy) is 1. The van der Waals surface area contributed by atoms with Crippen LogP contribution in [0.4, 0.5) is 11.4 Å². The van der Waals surface area contributed by atoms with Crippen molar-refractivity contribution in [2.45, 2.75) is 124 Å². The number of hydrogen-bond acceptors (Lipinski definition) is 4. The van der Waals surface area contributed by atoms with Gasteiger partial charge in [0.2, 0.25) is 0 Å². The summed E-state index contributed by atoms with van der Waals surface area (Å²) >= 11 is 0.